The Kier molecular flexibility index (Phi) is 10.5. The average Bonchev–Trinajstić information content (AvgIpc) is 3.39. The second kappa shape index (κ2) is 14.9. The molecule has 4 heterocycles. The Morgan fingerprint density at radius 1 is 0.961 bits per heavy atom. The fraction of sp³-hybridized carbons (Fsp3) is 0.459. The molecule has 0 aliphatic carbocycles. The summed E-state index contributed by atoms with van der Waals surface area (Å²) < 4.78 is 47.6. The number of likely N-dealkylation sites (tertiary alicyclic amines) is 1. The molecule has 1 unspecified atom stereocenters. The van der Waals surface area contributed by atoms with Crippen molar-refractivity contribution in [3.63, 3.8) is 0 Å². The van der Waals surface area contributed by atoms with Gasteiger partial charge < -0.3 is 24.0 Å². The van der Waals surface area contributed by atoms with Crippen LogP contribution < -0.4 is 13.8 Å². The van der Waals surface area contributed by atoms with Crippen LogP contribution >= 0.6 is 0 Å². The molecule has 3 aliphatic rings. The number of aromatic nitrogens is 1. The topological polar surface area (TPSA) is 146 Å². The third-order valence-electron chi connectivity index (χ3n) is 9.87. The minimum absolute atomic E-state index is 0.00173. The Morgan fingerprint density at radius 3 is 2.33 bits per heavy atom. The molecule has 270 valence electrons. The van der Waals surface area contributed by atoms with Crippen molar-refractivity contribution >= 4 is 27.7 Å². The van der Waals surface area contributed by atoms with E-state index in [0.717, 1.165) is 25.9 Å². The number of ether oxygens (including phenoxy) is 3. The maximum Gasteiger partial charge on any atom is 0.411 e. The van der Waals surface area contributed by atoms with Crippen molar-refractivity contribution in [2.75, 3.05) is 56.8 Å². The van der Waals surface area contributed by atoms with Crippen LogP contribution in [0.3, 0.4) is 0 Å². The molecule has 2 saturated heterocycles. The lowest BCUT2D eigenvalue weighted by atomic mass is 9.87. The molecule has 0 N–H and O–H groups in total. The van der Waals surface area contributed by atoms with E-state index in [2.05, 4.69) is 34.7 Å². The third-order valence-corrected chi connectivity index (χ3v) is 11.6. The summed E-state index contributed by atoms with van der Waals surface area (Å²) in [5.74, 6) is -1.03. The van der Waals surface area contributed by atoms with Crippen molar-refractivity contribution in [2.45, 2.75) is 63.1 Å². The SMILES string of the molecule is CCOc1ccccc1S(=O)(=O)N1C(=O)C(OC(=O)N2CCN(C3CCN(C(C)C)CC3)CC2)(c2cccnc2OCC)c2cc(C#N)ccc21. The molecule has 51 heavy (non-hydrogen) atoms. The van der Waals surface area contributed by atoms with Gasteiger partial charge in [-0.25, -0.2) is 18.2 Å². The second-order valence-corrected chi connectivity index (χ2v) is 14.8. The van der Waals surface area contributed by atoms with Crippen LogP contribution in [0.5, 0.6) is 11.6 Å². The molecule has 2 fully saturated rings. The quantitative estimate of drug-likeness (QED) is 0.295. The molecule has 1 atom stereocenters. The number of sulfonamides is 1. The number of anilines is 1. The fourth-order valence-electron chi connectivity index (χ4n) is 7.26. The summed E-state index contributed by atoms with van der Waals surface area (Å²) in [5, 5.41) is 9.93. The first-order chi connectivity index (χ1) is 24.6. The van der Waals surface area contributed by atoms with Crippen LogP contribution in [0.15, 0.2) is 65.7 Å². The van der Waals surface area contributed by atoms with E-state index in [1.165, 1.54) is 48.7 Å². The van der Waals surface area contributed by atoms with E-state index in [9.17, 15) is 18.5 Å². The van der Waals surface area contributed by atoms with Crippen LogP contribution in [0, 0.1) is 11.3 Å². The number of carbonyl (C=O) groups is 2. The molecule has 14 heteroatoms. The number of para-hydroxylation sites is 1. The van der Waals surface area contributed by atoms with Crippen LogP contribution in [-0.4, -0.2) is 105 Å². The van der Waals surface area contributed by atoms with Crippen molar-refractivity contribution in [2.24, 2.45) is 0 Å². The molecular weight excluding hydrogens is 673 g/mol. The van der Waals surface area contributed by atoms with Gasteiger partial charge in [-0.2, -0.15) is 9.57 Å². The largest absolute Gasteiger partial charge is 0.492 e. The number of carbonyl (C=O) groups excluding carboxylic acids is 2. The molecule has 1 aromatic heterocycles. The summed E-state index contributed by atoms with van der Waals surface area (Å²) in [4.78, 5) is 39.9. The van der Waals surface area contributed by atoms with Gasteiger partial charge in [-0.05, 0) is 96.1 Å². The van der Waals surface area contributed by atoms with E-state index in [4.69, 9.17) is 14.2 Å². The number of pyridine rings is 1. The summed E-state index contributed by atoms with van der Waals surface area (Å²) in [6.45, 7) is 12.3. The lowest BCUT2D eigenvalue weighted by Gasteiger charge is -2.43. The Morgan fingerprint density at radius 2 is 1.67 bits per heavy atom. The molecule has 3 aliphatic heterocycles. The molecule has 0 saturated carbocycles. The first-order valence-corrected chi connectivity index (χ1v) is 18.9. The van der Waals surface area contributed by atoms with E-state index < -0.39 is 27.6 Å². The maximum absolute atomic E-state index is 15.1. The molecule has 3 aromatic rings. The number of fused-ring (bicyclic) bond motifs is 1. The number of benzene rings is 2. The van der Waals surface area contributed by atoms with Gasteiger partial charge in [0.05, 0.1) is 36.1 Å². The molecule has 0 radical (unpaired) electrons. The lowest BCUT2D eigenvalue weighted by molar-refractivity contribution is -0.132. The third kappa shape index (κ3) is 6.61. The van der Waals surface area contributed by atoms with Crippen LogP contribution in [0.1, 0.15) is 57.2 Å². The molecule has 2 amide bonds. The molecule has 0 bridgehead atoms. The predicted molar refractivity (Wildman–Crippen MR) is 189 cm³/mol. The zero-order valence-electron chi connectivity index (χ0n) is 29.4. The molecule has 6 rings (SSSR count). The number of hydrogen-bond donors (Lipinski definition) is 0. The highest BCUT2D eigenvalue weighted by Crippen LogP contribution is 2.52. The van der Waals surface area contributed by atoms with E-state index in [1.54, 1.807) is 30.9 Å². The summed E-state index contributed by atoms with van der Waals surface area (Å²) in [6.07, 6.45) is 2.77. The van der Waals surface area contributed by atoms with Gasteiger partial charge in [0.25, 0.3) is 21.5 Å². The number of amides is 2. The monoisotopic (exact) mass is 716 g/mol. The van der Waals surface area contributed by atoms with Crippen LogP contribution in [0.4, 0.5) is 10.5 Å². The van der Waals surface area contributed by atoms with Gasteiger partial charge in [-0.15, -0.1) is 0 Å². The van der Waals surface area contributed by atoms with Crippen LogP contribution in [0.2, 0.25) is 0 Å². The fourth-order valence-corrected chi connectivity index (χ4v) is 8.86. The Labute approximate surface area is 299 Å². The zero-order chi connectivity index (χ0) is 36.3. The number of hydrogen-bond acceptors (Lipinski definition) is 11. The molecular formula is C37H44N6O7S. The van der Waals surface area contributed by atoms with Crippen molar-refractivity contribution in [1.29, 1.82) is 5.26 Å². The standard InChI is InChI=1S/C37H44N6O7S/c1-5-48-32-11-7-8-12-33(32)51(46,47)43-31-14-13-27(25-38)24-30(31)37(35(43)44,29-10-9-17-39-34(29)49-6-2)50-36(45)42-22-20-41(21-23-42)28-15-18-40(19-16-28)26(3)4/h7-14,17,24,26,28H,5-6,15-16,18-23H2,1-4H3. The predicted octanol–water partition coefficient (Wildman–Crippen LogP) is 4.36. The average molecular weight is 717 g/mol. The Balaban J connectivity index is 1.40. The van der Waals surface area contributed by atoms with E-state index >= 15 is 4.79 Å². The molecule has 2 aromatic carbocycles. The smallest absolute Gasteiger partial charge is 0.411 e. The van der Waals surface area contributed by atoms with Gasteiger partial charge in [-0.1, -0.05) is 12.1 Å². The van der Waals surface area contributed by atoms with E-state index in [0.29, 0.717) is 42.6 Å². The second-order valence-electron chi connectivity index (χ2n) is 13.0. The van der Waals surface area contributed by atoms with E-state index in [1.807, 2.05) is 0 Å². The summed E-state index contributed by atoms with van der Waals surface area (Å²) in [6, 6.07) is 16.3. The van der Waals surface area contributed by atoms with Crippen molar-refractivity contribution in [3.05, 3.63) is 77.5 Å². The Bertz CT molecular complexity index is 1920. The van der Waals surface area contributed by atoms with Crippen LogP contribution in [0.25, 0.3) is 0 Å². The highest BCUT2D eigenvalue weighted by Gasteiger charge is 2.61. The normalized spacial score (nSPS) is 20.3. The summed E-state index contributed by atoms with van der Waals surface area (Å²) in [7, 11) is -4.67. The zero-order valence-corrected chi connectivity index (χ0v) is 30.3. The van der Waals surface area contributed by atoms with Crippen molar-refractivity contribution in [1.82, 2.24) is 19.7 Å². The molecule has 0 spiro atoms. The van der Waals surface area contributed by atoms with Gasteiger partial charge in [-0.3, -0.25) is 9.69 Å². The highest BCUT2D eigenvalue weighted by atomic mass is 32.2. The minimum atomic E-state index is -4.67. The van der Waals surface area contributed by atoms with Gasteiger partial charge in [0.1, 0.15) is 10.6 Å². The minimum Gasteiger partial charge on any atom is -0.492 e. The number of nitriles is 1. The van der Waals surface area contributed by atoms with Crippen LogP contribution in [-0.2, 0) is 25.2 Å². The van der Waals surface area contributed by atoms with Gasteiger partial charge in [0, 0.05) is 50.0 Å². The first-order valence-electron chi connectivity index (χ1n) is 17.5. The highest BCUT2D eigenvalue weighted by molar-refractivity contribution is 7.93. The number of nitrogens with zero attached hydrogens (tertiary/aromatic N) is 6. The van der Waals surface area contributed by atoms with Crippen molar-refractivity contribution < 1.29 is 32.2 Å². The molecule has 13 nitrogen and oxygen atoms in total. The number of rotatable bonds is 10. The first kappa shape index (κ1) is 36.1. The summed E-state index contributed by atoms with van der Waals surface area (Å²) in [5.41, 5.74) is -2.27. The number of piperazine rings is 1. The lowest BCUT2D eigenvalue weighted by Crippen LogP contribution is -2.56. The van der Waals surface area contributed by atoms with E-state index in [-0.39, 0.29) is 52.1 Å². The number of piperidine rings is 1. The van der Waals surface area contributed by atoms with Gasteiger partial charge in [0.2, 0.25) is 5.88 Å². The Hall–Kier alpha value is -4.71. The summed E-state index contributed by atoms with van der Waals surface area (Å²) >= 11 is 0. The van der Waals surface area contributed by atoms with Gasteiger partial charge >= 0.3 is 6.09 Å². The maximum atomic E-state index is 15.1. The van der Waals surface area contributed by atoms with Crippen molar-refractivity contribution in [3.8, 4) is 17.7 Å². The van der Waals surface area contributed by atoms with Gasteiger partial charge in [0.15, 0.2) is 0 Å².